The zero-order valence-electron chi connectivity index (χ0n) is 36.1. The summed E-state index contributed by atoms with van der Waals surface area (Å²) >= 11 is 0. The van der Waals surface area contributed by atoms with Crippen LogP contribution in [0.3, 0.4) is 0 Å². The molecule has 4 nitrogen and oxygen atoms in total. The van der Waals surface area contributed by atoms with Gasteiger partial charge in [0.1, 0.15) is 0 Å². The highest BCUT2D eigenvalue weighted by molar-refractivity contribution is 7.76. The molecule has 12 rings (SSSR count). The van der Waals surface area contributed by atoms with Crippen LogP contribution in [0, 0.1) is 0 Å². The number of hydrogen-bond donors (Lipinski definition) is 0. The smallest absolute Gasteiger partial charge is 0.301 e. The maximum Gasteiger partial charge on any atom is 0.301 e. The van der Waals surface area contributed by atoms with Crippen LogP contribution in [0.4, 0.5) is 39.8 Å². The molecule has 1 aliphatic carbocycles. The predicted octanol–water partition coefficient (Wildman–Crippen LogP) is 16.0. The highest BCUT2D eigenvalue weighted by Crippen LogP contribution is 2.70. The molecule has 0 bridgehead atoms. The van der Waals surface area contributed by atoms with Crippen molar-refractivity contribution < 1.29 is 4.57 Å². The molecule has 1 heterocycles. The van der Waals surface area contributed by atoms with Crippen LogP contribution in [-0.4, -0.2) is 0 Å². The number of nitrogens with zero attached hydrogens (tertiary/aromatic N) is 3. The maximum atomic E-state index is 16.6. The van der Waals surface area contributed by atoms with E-state index in [1.54, 1.807) is 0 Å². The van der Waals surface area contributed by atoms with Gasteiger partial charge in [0, 0.05) is 28.3 Å². The third kappa shape index (κ3) is 6.10. The van der Waals surface area contributed by atoms with E-state index in [0.717, 1.165) is 56.2 Å². The molecule has 10 aromatic carbocycles. The van der Waals surface area contributed by atoms with E-state index in [2.05, 4.69) is 214 Å². The van der Waals surface area contributed by atoms with Crippen LogP contribution in [0.15, 0.2) is 267 Å². The zero-order chi connectivity index (χ0) is 44.1. The lowest BCUT2D eigenvalue weighted by atomic mass is 9.68. The summed E-state index contributed by atoms with van der Waals surface area (Å²) in [6, 6.07) is 94.0. The first-order valence-electron chi connectivity index (χ1n) is 22.5. The fourth-order valence-electron chi connectivity index (χ4n) is 10.5. The van der Waals surface area contributed by atoms with Gasteiger partial charge >= 0.3 is 7.44 Å². The Labute approximate surface area is 386 Å². The van der Waals surface area contributed by atoms with Crippen LogP contribution in [0.5, 0.6) is 0 Å². The van der Waals surface area contributed by atoms with Gasteiger partial charge in [0.15, 0.2) is 0 Å². The van der Waals surface area contributed by atoms with Crippen molar-refractivity contribution in [3.8, 4) is 22.3 Å². The van der Waals surface area contributed by atoms with E-state index in [1.807, 2.05) is 66.7 Å². The van der Waals surface area contributed by atoms with Crippen LogP contribution in [-0.2, 0) is 9.98 Å². The third-order valence-electron chi connectivity index (χ3n) is 13.2. The fraction of sp³-hybridized carbons (Fsp3) is 0.0164. The SMILES string of the molecule is O=P1(c2ccccc2)N(c2ccccc2)c2ccc(N(c3ccc(-c4ccccc4)cc3)c3cccc4c3-c3ccccc3C4(c3ccccc3)c3ccccc3)cc2N1c1ccccc1. The molecule has 66 heavy (non-hydrogen) atoms. The second-order valence-corrected chi connectivity index (χ2v) is 19.2. The molecular formula is C61H44N3OP. The van der Waals surface area contributed by atoms with Crippen molar-refractivity contribution in [2.75, 3.05) is 14.2 Å². The van der Waals surface area contributed by atoms with Crippen LogP contribution in [0.1, 0.15) is 22.3 Å². The molecule has 0 spiro atoms. The first kappa shape index (κ1) is 39.4. The monoisotopic (exact) mass is 865 g/mol. The van der Waals surface area contributed by atoms with Crippen molar-refractivity contribution in [1.82, 2.24) is 0 Å². The van der Waals surface area contributed by atoms with Gasteiger partial charge in [-0.3, -0.25) is 13.9 Å². The van der Waals surface area contributed by atoms with Gasteiger partial charge in [-0.1, -0.05) is 194 Å². The topological polar surface area (TPSA) is 26.8 Å². The minimum absolute atomic E-state index is 0.576. The summed E-state index contributed by atoms with van der Waals surface area (Å²) in [5.74, 6) is 0. The Morgan fingerprint density at radius 1 is 0.379 bits per heavy atom. The zero-order valence-corrected chi connectivity index (χ0v) is 37.0. The van der Waals surface area contributed by atoms with E-state index in [9.17, 15) is 0 Å². The Hall–Kier alpha value is -8.17. The van der Waals surface area contributed by atoms with E-state index in [1.165, 1.54) is 33.4 Å². The molecule has 1 aliphatic heterocycles. The summed E-state index contributed by atoms with van der Waals surface area (Å²) in [7, 11) is -3.60. The molecule has 0 N–H and O–H groups in total. The Morgan fingerprint density at radius 3 is 1.45 bits per heavy atom. The molecule has 314 valence electrons. The summed E-state index contributed by atoms with van der Waals surface area (Å²) < 4.78 is 20.8. The summed E-state index contributed by atoms with van der Waals surface area (Å²) in [5.41, 5.74) is 15.4. The molecule has 0 radical (unpaired) electrons. The third-order valence-corrected chi connectivity index (χ3v) is 16.2. The summed E-state index contributed by atoms with van der Waals surface area (Å²) in [5, 5.41) is 0.750. The first-order valence-corrected chi connectivity index (χ1v) is 24.1. The van der Waals surface area contributed by atoms with Crippen LogP contribution in [0.25, 0.3) is 22.3 Å². The number of rotatable bonds is 9. The Balaban J connectivity index is 1.14. The summed E-state index contributed by atoms with van der Waals surface area (Å²) in [6.07, 6.45) is 0. The van der Waals surface area contributed by atoms with Crippen molar-refractivity contribution in [3.05, 3.63) is 289 Å². The van der Waals surface area contributed by atoms with Gasteiger partial charge in [0.2, 0.25) is 0 Å². The molecule has 0 saturated heterocycles. The van der Waals surface area contributed by atoms with Gasteiger partial charge in [-0.2, -0.15) is 0 Å². The number of hydrogen-bond acceptors (Lipinski definition) is 2. The van der Waals surface area contributed by atoms with E-state index in [4.69, 9.17) is 0 Å². The normalized spacial score (nSPS) is 15.5. The number of fused-ring (bicyclic) bond motifs is 4. The molecule has 10 aromatic rings. The molecule has 0 aromatic heterocycles. The van der Waals surface area contributed by atoms with E-state index in [0.29, 0.717) is 0 Å². The number of para-hydroxylation sites is 2. The largest absolute Gasteiger partial charge is 0.310 e. The number of anilines is 7. The summed E-state index contributed by atoms with van der Waals surface area (Å²) in [6.45, 7) is 0. The van der Waals surface area contributed by atoms with E-state index in [-0.39, 0.29) is 0 Å². The standard InChI is InChI=1S/C61H44N3OP/c65-66(53-32-17-6-18-33-53)63(50-28-13-4-14-29-50)57-43-42-52(44-59(57)64(66)51-30-15-5-16-31-51)62(49-40-38-46(39-41-49)45-22-7-1-8-23-45)58-37-21-36-56-60(58)54-34-19-20-35-55(54)61(56,47-24-9-2-10-25-47)48-26-11-3-12-27-48/h1-44H. The van der Waals surface area contributed by atoms with Gasteiger partial charge < -0.3 is 4.90 Å². The lowest BCUT2D eigenvalue weighted by Gasteiger charge is -2.34. The van der Waals surface area contributed by atoms with Crippen LogP contribution in [0.2, 0.25) is 0 Å². The summed E-state index contributed by atoms with van der Waals surface area (Å²) in [4.78, 5) is 2.40. The molecule has 0 fully saturated rings. The van der Waals surface area contributed by atoms with Gasteiger partial charge in [-0.05, 0) is 112 Å². The van der Waals surface area contributed by atoms with Crippen molar-refractivity contribution in [2.45, 2.75) is 5.41 Å². The van der Waals surface area contributed by atoms with Crippen molar-refractivity contribution >= 4 is 52.6 Å². The molecule has 0 saturated carbocycles. The average molecular weight is 866 g/mol. The molecule has 1 unspecified atom stereocenters. The minimum atomic E-state index is -3.60. The highest BCUT2D eigenvalue weighted by atomic mass is 31.2. The number of benzene rings is 10. The lowest BCUT2D eigenvalue weighted by molar-refractivity contribution is 0.582. The van der Waals surface area contributed by atoms with Crippen molar-refractivity contribution in [2.24, 2.45) is 0 Å². The molecule has 0 amide bonds. The van der Waals surface area contributed by atoms with Crippen LogP contribution < -0.4 is 19.5 Å². The molecule has 1 atom stereocenters. The Bertz CT molecular complexity index is 3350. The van der Waals surface area contributed by atoms with Crippen LogP contribution >= 0.6 is 7.44 Å². The van der Waals surface area contributed by atoms with Gasteiger partial charge in [-0.25, -0.2) is 0 Å². The molecule has 5 heteroatoms. The van der Waals surface area contributed by atoms with E-state index >= 15 is 4.57 Å². The lowest BCUT2D eigenvalue weighted by Crippen LogP contribution is -2.28. The predicted molar refractivity (Wildman–Crippen MR) is 275 cm³/mol. The highest BCUT2D eigenvalue weighted by Gasteiger charge is 2.50. The fourth-order valence-corrected chi connectivity index (χ4v) is 13.5. The van der Waals surface area contributed by atoms with Gasteiger partial charge in [0.05, 0.1) is 27.8 Å². The molecular weight excluding hydrogens is 822 g/mol. The Morgan fingerprint density at radius 2 is 0.848 bits per heavy atom. The first-order chi connectivity index (χ1) is 32.7. The van der Waals surface area contributed by atoms with Gasteiger partial charge in [-0.15, -0.1) is 0 Å². The van der Waals surface area contributed by atoms with E-state index < -0.39 is 12.9 Å². The quantitative estimate of drug-likeness (QED) is 0.135. The minimum Gasteiger partial charge on any atom is -0.310 e. The second-order valence-electron chi connectivity index (χ2n) is 16.8. The van der Waals surface area contributed by atoms with Gasteiger partial charge in [0.25, 0.3) is 0 Å². The van der Waals surface area contributed by atoms with Crippen molar-refractivity contribution in [3.63, 3.8) is 0 Å². The second kappa shape index (κ2) is 16.1. The average Bonchev–Trinajstić information content (AvgIpc) is 3.85. The Kier molecular flexibility index (Phi) is 9.63. The maximum absolute atomic E-state index is 16.6. The molecule has 2 aliphatic rings. The van der Waals surface area contributed by atoms with Crippen molar-refractivity contribution in [1.29, 1.82) is 0 Å².